The van der Waals surface area contributed by atoms with Crippen LogP contribution in [0.4, 0.5) is 0 Å². The van der Waals surface area contributed by atoms with Gasteiger partial charge in [0.05, 0.1) is 12.6 Å². The molecule has 1 unspecified atom stereocenters. The summed E-state index contributed by atoms with van der Waals surface area (Å²) >= 11 is 6.13. The van der Waals surface area contributed by atoms with E-state index < -0.39 is 5.97 Å². The first-order chi connectivity index (χ1) is 15.6. The lowest BCUT2D eigenvalue weighted by Gasteiger charge is -2.37. The Labute approximate surface area is 206 Å². The Morgan fingerprint density at radius 1 is 1.03 bits per heavy atom. The minimum atomic E-state index is -0.775. The highest BCUT2D eigenvalue weighted by Gasteiger charge is 2.28. The summed E-state index contributed by atoms with van der Waals surface area (Å²) in [6.07, 6.45) is 2.66. The predicted octanol–water partition coefficient (Wildman–Crippen LogP) is 6.20. The first-order valence-electron chi connectivity index (χ1n) is 11.1. The highest BCUT2D eigenvalue weighted by atomic mass is 35.5. The van der Waals surface area contributed by atoms with E-state index in [1.54, 1.807) is 0 Å². The maximum atomic E-state index is 10.7. The van der Waals surface area contributed by atoms with Crippen molar-refractivity contribution < 1.29 is 14.6 Å². The minimum absolute atomic E-state index is 0. The third kappa shape index (κ3) is 6.73. The van der Waals surface area contributed by atoms with Crippen molar-refractivity contribution >= 4 is 30.0 Å². The molecule has 1 atom stereocenters. The number of benzene rings is 3. The van der Waals surface area contributed by atoms with Crippen molar-refractivity contribution in [1.29, 1.82) is 0 Å². The van der Waals surface area contributed by atoms with Crippen molar-refractivity contribution in [2.45, 2.75) is 31.7 Å². The minimum Gasteiger partial charge on any atom is -0.494 e. The van der Waals surface area contributed by atoms with Gasteiger partial charge >= 0.3 is 5.97 Å². The Morgan fingerprint density at radius 3 is 2.48 bits per heavy atom. The van der Waals surface area contributed by atoms with Crippen LogP contribution in [0.2, 0.25) is 5.02 Å². The highest BCUT2D eigenvalue weighted by Crippen LogP contribution is 2.35. The van der Waals surface area contributed by atoms with E-state index in [-0.39, 0.29) is 24.9 Å². The molecule has 0 saturated carbocycles. The Kier molecular flexibility index (Phi) is 9.19. The normalized spacial score (nSPS) is 15.4. The van der Waals surface area contributed by atoms with Crippen LogP contribution in [0.25, 0.3) is 0 Å². The molecule has 0 amide bonds. The number of ether oxygens (including phenoxy) is 1. The van der Waals surface area contributed by atoms with Crippen molar-refractivity contribution in [3.8, 4) is 5.75 Å². The van der Waals surface area contributed by atoms with E-state index in [0.717, 1.165) is 42.3 Å². The molecular weight excluding hydrogens is 457 g/mol. The summed E-state index contributed by atoms with van der Waals surface area (Å²) in [7, 11) is 0. The topological polar surface area (TPSA) is 49.8 Å². The molecule has 3 aromatic rings. The molecule has 4 rings (SSSR count). The molecular formula is C27H29Cl2NO3. The molecule has 0 aliphatic carbocycles. The maximum Gasteiger partial charge on any atom is 0.303 e. The van der Waals surface area contributed by atoms with Crippen molar-refractivity contribution in [3.05, 3.63) is 100 Å². The van der Waals surface area contributed by atoms with Gasteiger partial charge in [-0.25, -0.2) is 0 Å². The average molecular weight is 486 g/mol. The number of carbonyl (C=O) groups is 1. The van der Waals surface area contributed by atoms with Gasteiger partial charge in [-0.2, -0.15) is 0 Å². The third-order valence-corrected chi connectivity index (χ3v) is 6.23. The Bertz CT molecular complexity index is 1040. The standard InChI is InChI=1S/C27H28ClNO3.ClH/c28-23-11-9-22(10-12-23)27-25-5-2-1-4-21(25)16-18-29(27)17-3-19-32-24-13-6-20(7-14-24)8-15-26(30)31;/h1-2,4-7,9-14,27H,3,8,15-19H2,(H,30,31);1H. The molecule has 3 aromatic carbocycles. The van der Waals surface area contributed by atoms with Crippen LogP contribution in [-0.2, 0) is 17.6 Å². The number of halogens is 2. The summed E-state index contributed by atoms with van der Waals surface area (Å²) in [5.41, 5.74) is 5.07. The van der Waals surface area contributed by atoms with E-state index in [2.05, 4.69) is 41.3 Å². The molecule has 1 heterocycles. The van der Waals surface area contributed by atoms with Gasteiger partial charge in [0.2, 0.25) is 0 Å². The van der Waals surface area contributed by atoms with Crippen LogP contribution in [0.15, 0.2) is 72.8 Å². The number of rotatable bonds is 9. The van der Waals surface area contributed by atoms with E-state index in [0.29, 0.717) is 13.0 Å². The monoisotopic (exact) mass is 485 g/mol. The molecule has 6 heteroatoms. The van der Waals surface area contributed by atoms with Crippen molar-refractivity contribution in [1.82, 2.24) is 4.90 Å². The lowest BCUT2D eigenvalue weighted by atomic mass is 9.88. The smallest absolute Gasteiger partial charge is 0.303 e. The molecule has 0 bridgehead atoms. The summed E-state index contributed by atoms with van der Waals surface area (Å²) in [5.74, 6) is 0.0462. The lowest BCUT2D eigenvalue weighted by molar-refractivity contribution is -0.136. The predicted molar refractivity (Wildman–Crippen MR) is 135 cm³/mol. The van der Waals surface area contributed by atoms with E-state index in [1.807, 2.05) is 36.4 Å². The number of hydrogen-bond acceptors (Lipinski definition) is 3. The largest absolute Gasteiger partial charge is 0.494 e. The first-order valence-corrected chi connectivity index (χ1v) is 11.5. The van der Waals surface area contributed by atoms with Gasteiger partial charge in [0.1, 0.15) is 5.75 Å². The number of nitrogens with zero attached hydrogens (tertiary/aromatic N) is 1. The Hall–Kier alpha value is -2.53. The van der Waals surface area contributed by atoms with Gasteiger partial charge in [-0.3, -0.25) is 9.69 Å². The number of hydrogen-bond donors (Lipinski definition) is 1. The second-order valence-corrected chi connectivity index (χ2v) is 8.62. The van der Waals surface area contributed by atoms with Crippen LogP contribution in [-0.4, -0.2) is 35.7 Å². The van der Waals surface area contributed by atoms with Crippen LogP contribution >= 0.6 is 24.0 Å². The van der Waals surface area contributed by atoms with E-state index in [4.69, 9.17) is 21.4 Å². The zero-order chi connectivity index (χ0) is 22.3. The maximum absolute atomic E-state index is 10.7. The van der Waals surface area contributed by atoms with Crippen molar-refractivity contribution in [2.24, 2.45) is 0 Å². The van der Waals surface area contributed by atoms with Crippen LogP contribution < -0.4 is 4.74 Å². The molecule has 0 aromatic heterocycles. The summed E-state index contributed by atoms with van der Waals surface area (Å²) in [6, 6.07) is 24.9. The van der Waals surface area contributed by atoms with Gasteiger partial charge in [-0.05, 0) is 65.8 Å². The fourth-order valence-corrected chi connectivity index (χ4v) is 4.48. The second kappa shape index (κ2) is 12.1. The van der Waals surface area contributed by atoms with Gasteiger partial charge < -0.3 is 9.84 Å². The fourth-order valence-electron chi connectivity index (χ4n) is 4.36. The molecule has 33 heavy (non-hydrogen) atoms. The number of carboxylic acids is 1. The van der Waals surface area contributed by atoms with Crippen molar-refractivity contribution in [2.75, 3.05) is 19.7 Å². The number of fused-ring (bicyclic) bond motifs is 1. The Balaban J connectivity index is 0.00000306. The molecule has 0 radical (unpaired) electrons. The van der Waals surface area contributed by atoms with Gasteiger partial charge in [0.25, 0.3) is 0 Å². The molecule has 1 N–H and O–H groups in total. The number of aryl methyl sites for hydroxylation is 1. The number of carboxylic acid groups (broad SMARTS) is 1. The molecule has 4 nitrogen and oxygen atoms in total. The molecule has 1 aliphatic heterocycles. The summed E-state index contributed by atoms with van der Waals surface area (Å²) in [6.45, 7) is 2.60. The summed E-state index contributed by atoms with van der Waals surface area (Å²) in [5, 5.41) is 9.56. The third-order valence-electron chi connectivity index (χ3n) is 5.98. The zero-order valence-electron chi connectivity index (χ0n) is 18.5. The van der Waals surface area contributed by atoms with Crippen LogP contribution in [0.3, 0.4) is 0 Å². The van der Waals surface area contributed by atoms with Crippen LogP contribution in [0.1, 0.15) is 41.1 Å². The zero-order valence-corrected chi connectivity index (χ0v) is 20.0. The molecule has 0 saturated heterocycles. The van der Waals surface area contributed by atoms with E-state index >= 15 is 0 Å². The van der Waals surface area contributed by atoms with Gasteiger partial charge in [-0.15, -0.1) is 12.4 Å². The highest BCUT2D eigenvalue weighted by molar-refractivity contribution is 6.30. The van der Waals surface area contributed by atoms with E-state index in [1.165, 1.54) is 16.7 Å². The second-order valence-electron chi connectivity index (χ2n) is 8.18. The average Bonchev–Trinajstić information content (AvgIpc) is 2.81. The molecule has 0 spiro atoms. The molecule has 1 aliphatic rings. The molecule has 0 fully saturated rings. The van der Waals surface area contributed by atoms with E-state index in [9.17, 15) is 4.79 Å². The van der Waals surface area contributed by atoms with Crippen LogP contribution in [0.5, 0.6) is 5.75 Å². The van der Waals surface area contributed by atoms with Crippen LogP contribution in [0, 0.1) is 0 Å². The summed E-state index contributed by atoms with van der Waals surface area (Å²) < 4.78 is 5.94. The SMILES string of the molecule is Cl.O=C(O)CCc1ccc(OCCCN2CCc3ccccc3C2c2ccc(Cl)cc2)cc1. The fraction of sp³-hybridized carbons (Fsp3) is 0.296. The molecule has 174 valence electrons. The Morgan fingerprint density at radius 2 is 1.76 bits per heavy atom. The van der Waals surface area contributed by atoms with Gasteiger partial charge in [0.15, 0.2) is 0 Å². The quantitative estimate of drug-likeness (QED) is 0.366. The lowest BCUT2D eigenvalue weighted by Crippen LogP contribution is -2.37. The van der Waals surface area contributed by atoms with Crippen molar-refractivity contribution in [3.63, 3.8) is 0 Å². The van der Waals surface area contributed by atoms with Gasteiger partial charge in [0, 0.05) is 24.5 Å². The first kappa shape index (κ1) is 25.1. The van der Waals surface area contributed by atoms with Gasteiger partial charge in [-0.1, -0.05) is 60.1 Å². The number of aliphatic carboxylic acids is 1. The summed E-state index contributed by atoms with van der Waals surface area (Å²) in [4.78, 5) is 13.2.